The summed E-state index contributed by atoms with van der Waals surface area (Å²) < 4.78 is 11.6. The van der Waals surface area contributed by atoms with Gasteiger partial charge in [-0.05, 0) is 113 Å². The van der Waals surface area contributed by atoms with Crippen molar-refractivity contribution in [2.45, 2.75) is 148 Å². The number of methoxy groups -OCH3 is 1. The fraction of sp³-hybridized carbons (Fsp3) is 0.912. The van der Waals surface area contributed by atoms with Crippen LogP contribution in [0.3, 0.4) is 0 Å². The molecular weight excluding hydrogens is 586 g/mol. The number of amides is 3. The lowest BCUT2D eigenvalue weighted by atomic mass is 10.0. The van der Waals surface area contributed by atoms with E-state index in [1.165, 1.54) is 0 Å². The van der Waals surface area contributed by atoms with Crippen LogP contribution < -0.4 is 37.6 Å². The molecule has 0 saturated heterocycles. The van der Waals surface area contributed by atoms with Crippen LogP contribution in [0.1, 0.15) is 112 Å². The molecule has 0 rings (SSSR count). The number of ether oxygens (including phenoxy) is 2. The normalized spacial score (nSPS) is 14.2. The molecule has 0 radical (unpaired) electrons. The molecule has 0 bridgehead atoms. The third-order valence-electron chi connectivity index (χ3n) is 8.26. The Morgan fingerprint density at radius 1 is 0.696 bits per heavy atom. The molecular formula is C34H71N7O5. The van der Waals surface area contributed by atoms with E-state index in [2.05, 4.69) is 31.9 Å². The monoisotopic (exact) mass is 658 g/mol. The highest BCUT2D eigenvalue weighted by Crippen LogP contribution is 2.18. The first-order valence-corrected chi connectivity index (χ1v) is 17.5. The van der Waals surface area contributed by atoms with E-state index in [0.29, 0.717) is 58.3 Å². The number of unbranched alkanes of at least 4 members (excludes halogenated alkanes) is 3. The average Bonchev–Trinajstić information content (AvgIpc) is 2.99. The van der Waals surface area contributed by atoms with Crippen LogP contribution in [0.25, 0.3) is 0 Å². The lowest BCUT2D eigenvalue weighted by molar-refractivity contribution is -0.130. The van der Waals surface area contributed by atoms with Gasteiger partial charge in [-0.25, -0.2) is 0 Å². The van der Waals surface area contributed by atoms with E-state index in [1.54, 1.807) is 14.2 Å². The predicted octanol–water partition coefficient (Wildman–Crippen LogP) is 2.35. The van der Waals surface area contributed by atoms with Gasteiger partial charge in [0, 0.05) is 26.2 Å². The summed E-state index contributed by atoms with van der Waals surface area (Å²) in [5, 5.41) is 18.7. The average molecular weight is 658 g/mol. The number of rotatable bonds is 29. The Kier molecular flexibility index (Phi) is 24.2. The molecule has 12 nitrogen and oxygen atoms in total. The number of hydrogen-bond donors (Lipinski definition) is 7. The zero-order valence-corrected chi connectivity index (χ0v) is 30.7. The lowest BCUT2D eigenvalue weighted by Crippen LogP contribution is -2.54. The van der Waals surface area contributed by atoms with E-state index in [4.69, 9.17) is 15.2 Å². The highest BCUT2D eigenvalue weighted by molar-refractivity contribution is 5.89. The molecule has 0 aromatic rings. The van der Waals surface area contributed by atoms with Gasteiger partial charge in [-0.15, -0.1) is 0 Å². The van der Waals surface area contributed by atoms with Crippen LogP contribution in [-0.4, -0.2) is 107 Å². The Morgan fingerprint density at radius 2 is 1.26 bits per heavy atom. The van der Waals surface area contributed by atoms with Gasteiger partial charge in [0.1, 0.15) is 6.04 Å². The summed E-state index contributed by atoms with van der Waals surface area (Å²) in [4.78, 5) is 39.4. The molecule has 3 atom stereocenters. The van der Waals surface area contributed by atoms with E-state index in [1.807, 2.05) is 48.6 Å². The SMILES string of the molecule is CNCCCCC(NC(C)C)C(=O)NC(CCCCNC(=O)C(CCCCN)NC)C(=O)NCCC(C)(C)OCCC(C)(C)OC. The maximum absolute atomic E-state index is 13.4. The van der Waals surface area contributed by atoms with Crippen molar-refractivity contribution < 1.29 is 23.9 Å². The summed E-state index contributed by atoms with van der Waals surface area (Å²) in [5.74, 6) is -0.397. The number of hydrogen-bond acceptors (Lipinski definition) is 9. The third-order valence-corrected chi connectivity index (χ3v) is 8.26. The first-order chi connectivity index (χ1) is 21.7. The van der Waals surface area contributed by atoms with E-state index in [-0.39, 0.29) is 41.4 Å². The largest absolute Gasteiger partial charge is 0.379 e. The first kappa shape index (κ1) is 44.2. The summed E-state index contributed by atoms with van der Waals surface area (Å²) in [6, 6.07) is -1.18. The van der Waals surface area contributed by atoms with Crippen LogP contribution in [0.5, 0.6) is 0 Å². The lowest BCUT2D eigenvalue weighted by Gasteiger charge is -2.29. The van der Waals surface area contributed by atoms with E-state index < -0.39 is 11.6 Å². The fourth-order valence-corrected chi connectivity index (χ4v) is 4.95. The van der Waals surface area contributed by atoms with Crippen molar-refractivity contribution in [3.63, 3.8) is 0 Å². The molecule has 0 spiro atoms. The summed E-state index contributed by atoms with van der Waals surface area (Å²) in [6.45, 7) is 15.1. The van der Waals surface area contributed by atoms with Crippen LogP contribution in [0.4, 0.5) is 0 Å². The van der Waals surface area contributed by atoms with Gasteiger partial charge < -0.3 is 47.1 Å². The summed E-state index contributed by atoms with van der Waals surface area (Å²) in [7, 11) is 5.40. The minimum absolute atomic E-state index is 0.0291. The van der Waals surface area contributed by atoms with Crippen molar-refractivity contribution in [1.29, 1.82) is 0 Å². The summed E-state index contributed by atoms with van der Waals surface area (Å²) in [6.07, 6.45) is 8.30. The standard InChI is InChI=1S/C34H71N7O5/c1-26(2)40-29(18-11-14-22-36-7)32(44)41-28(17-12-15-23-38-30(42)27(37-8)16-10-13-21-35)31(43)39-24-19-34(5,6)46-25-20-33(3,4)45-9/h26-29,36-37,40H,10-25,35H2,1-9H3,(H,38,42)(H,39,43)(H,41,44). The quantitative estimate of drug-likeness (QED) is 0.0598. The number of carbonyl (C=O) groups excluding carboxylic acids is 3. The number of likely N-dealkylation sites (N-methyl/N-ethyl adjacent to an activating group) is 1. The van der Waals surface area contributed by atoms with Gasteiger partial charge in [-0.1, -0.05) is 26.7 Å². The highest BCUT2D eigenvalue weighted by atomic mass is 16.5. The Balaban J connectivity index is 5.23. The zero-order valence-electron chi connectivity index (χ0n) is 30.7. The van der Waals surface area contributed by atoms with E-state index in [9.17, 15) is 14.4 Å². The van der Waals surface area contributed by atoms with E-state index >= 15 is 0 Å². The maximum atomic E-state index is 13.4. The summed E-state index contributed by atoms with van der Waals surface area (Å²) in [5.41, 5.74) is 4.90. The molecule has 0 aromatic heterocycles. The van der Waals surface area contributed by atoms with Gasteiger partial charge in [-0.3, -0.25) is 14.4 Å². The molecule has 272 valence electrons. The van der Waals surface area contributed by atoms with Gasteiger partial charge in [0.25, 0.3) is 0 Å². The second-order valence-corrected chi connectivity index (χ2v) is 13.8. The van der Waals surface area contributed by atoms with E-state index in [0.717, 1.165) is 45.1 Å². The Bertz CT molecular complexity index is 826. The molecule has 46 heavy (non-hydrogen) atoms. The molecule has 3 amide bonds. The maximum Gasteiger partial charge on any atom is 0.242 e. The Morgan fingerprint density at radius 3 is 1.85 bits per heavy atom. The number of nitrogens with two attached hydrogens (primary N) is 1. The molecule has 0 aliphatic rings. The highest BCUT2D eigenvalue weighted by Gasteiger charge is 2.27. The first-order valence-electron chi connectivity index (χ1n) is 17.5. The topological polar surface area (TPSA) is 168 Å². The van der Waals surface area contributed by atoms with Crippen LogP contribution in [0.2, 0.25) is 0 Å². The van der Waals surface area contributed by atoms with Crippen LogP contribution in [0, 0.1) is 0 Å². The molecule has 0 aromatic carbocycles. The van der Waals surface area contributed by atoms with Crippen molar-refractivity contribution in [2.24, 2.45) is 5.73 Å². The molecule has 0 aliphatic heterocycles. The van der Waals surface area contributed by atoms with Crippen molar-refractivity contribution >= 4 is 17.7 Å². The van der Waals surface area contributed by atoms with Gasteiger partial charge >= 0.3 is 0 Å². The second kappa shape index (κ2) is 25.2. The Labute approximate surface area is 280 Å². The molecule has 0 fully saturated rings. The molecule has 0 heterocycles. The molecule has 12 heteroatoms. The predicted molar refractivity (Wildman–Crippen MR) is 188 cm³/mol. The second-order valence-electron chi connectivity index (χ2n) is 13.8. The minimum atomic E-state index is -0.676. The van der Waals surface area contributed by atoms with Gasteiger partial charge in [0.05, 0.1) is 29.9 Å². The van der Waals surface area contributed by atoms with Crippen LogP contribution in [-0.2, 0) is 23.9 Å². The fourth-order valence-electron chi connectivity index (χ4n) is 4.95. The molecule has 0 saturated carbocycles. The number of nitrogens with one attached hydrogen (secondary N) is 6. The third kappa shape index (κ3) is 21.9. The van der Waals surface area contributed by atoms with Gasteiger partial charge in [0.2, 0.25) is 17.7 Å². The molecule has 3 unspecified atom stereocenters. The summed E-state index contributed by atoms with van der Waals surface area (Å²) >= 11 is 0. The van der Waals surface area contributed by atoms with Crippen molar-refractivity contribution in [3.8, 4) is 0 Å². The number of carbonyl (C=O) groups is 3. The van der Waals surface area contributed by atoms with Crippen molar-refractivity contribution in [3.05, 3.63) is 0 Å². The Hall–Kier alpha value is -1.83. The smallest absolute Gasteiger partial charge is 0.242 e. The molecule has 8 N–H and O–H groups in total. The molecule has 0 aliphatic carbocycles. The van der Waals surface area contributed by atoms with Gasteiger partial charge in [-0.2, -0.15) is 0 Å². The zero-order chi connectivity index (χ0) is 35.0. The van der Waals surface area contributed by atoms with Crippen LogP contribution >= 0.6 is 0 Å². The van der Waals surface area contributed by atoms with Gasteiger partial charge in [0.15, 0.2) is 0 Å². The van der Waals surface area contributed by atoms with Crippen LogP contribution in [0.15, 0.2) is 0 Å². The van der Waals surface area contributed by atoms with Crippen molar-refractivity contribution in [1.82, 2.24) is 31.9 Å². The van der Waals surface area contributed by atoms with Crippen molar-refractivity contribution in [2.75, 3.05) is 54.0 Å². The minimum Gasteiger partial charge on any atom is -0.379 e.